The van der Waals surface area contributed by atoms with E-state index in [-0.39, 0.29) is 11.7 Å². The third-order valence-electron chi connectivity index (χ3n) is 4.89. The molecule has 7 heteroatoms. The summed E-state index contributed by atoms with van der Waals surface area (Å²) in [6.45, 7) is 1.89. The lowest BCUT2D eigenvalue weighted by Gasteiger charge is -2.34. The van der Waals surface area contributed by atoms with Gasteiger partial charge in [-0.1, -0.05) is 18.2 Å². The molecule has 0 aliphatic carbocycles. The predicted octanol–water partition coefficient (Wildman–Crippen LogP) is 1.34. The van der Waals surface area contributed by atoms with E-state index in [1.165, 1.54) is 4.40 Å². The molecule has 3 aromatic rings. The third kappa shape index (κ3) is 2.85. The van der Waals surface area contributed by atoms with Crippen molar-refractivity contribution in [2.75, 3.05) is 18.0 Å². The van der Waals surface area contributed by atoms with Gasteiger partial charge in [0.2, 0.25) is 0 Å². The lowest BCUT2D eigenvalue weighted by Crippen LogP contribution is -2.45. The molecular weight excluding hydrogens is 328 g/mol. The summed E-state index contributed by atoms with van der Waals surface area (Å²) >= 11 is 0. The minimum absolute atomic E-state index is 0.0923. The number of nitrogens with zero attached hydrogens (tertiary/aromatic N) is 5. The summed E-state index contributed by atoms with van der Waals surface area (Å²) in [5.41, 5.74) is 8.00. The van der Waals surface area contributed by atoms with Gasteiger partial charge in [0, 0.05) is 37.6 Å². The summed E-state index contributed by atoms with van der Waals surface area (Å²) in [4.78, 5) is 19.5. The van der Waals surface area contributed by atoms with Crippen LogP contribution in [0.3, 0.4) is 0 Å². The van der Waals surface area contributed by atoms with Crippen LogP contribution in [0.15, 0.2) is 47.5 Å². The lowest BCUT2D eigenvalue weighted by atomic mass is 10.1. The molecule has 7 nitrogen and oxygen atoms in total. The van der Waals surface area contributed by atoms with Crippen LogP contribution in [0.25, 0.3) is 5.65 Å². The highest BCUT2D eigenvalue weighted by atomic mass is 16.1. The van der Waals surface area contributed by atoms with Gasteiger partial charge in [-0.05, 0) is 24.5 Å². The highest BCUT2D eigenvalue weighted by Crippen LogP contribution is 2.21. The average molecular weight is 348 g/mol. The van der Waals surface area contributed by atoms with Gasteiger partial charge in [0.05, 0.1) is 18.2 Å². The number of nitriles is 1. The molecule has 132 valence electrons. The van der Waals surface area contributed by atoms with Crippen LogP contribution in [0.4, 0.5) is 5.82 Å². The first-order valence-corrected chi connectivity index (χ1v) is 8.73. The number of imidazole rings is 1. The second kappa shape index (κ2) is 6.65. The van der Waals surface area contributed by atoms with Crippen LogP contribution < -0.4 is 16.3 Å². The van der Waals surface area contributed by atoms with Gasteiger partial charge in [0.25, 0.3) is 0 Å². The molecule has 0 amide bonds. The van der Waals surface area contributed by atoms with Crippen LogP contribution in [0.5, 0.6) is 0 Å². The molecule has 26 heavy (non-hydrogen) atoms. The molecule has 1 atom stereocenters. The largest absolute Gasteiger partial charge is 0.356 e. The van der Waals surface area contributed by atoms with Crippen molar-refractivity contribution in [3.05, 3.63) is 64.3 Å². The number of hydrogen-bond acceptors (Lipinski definition) is 5. The molecule has 1 saturated heterocycles. The van der Waals surface area contributed by atoms with Crippen molar-refractivity contribution in [1.29, 1.82) is 5.26 Å². The normalized spacial score (nSPS) is 17.4. The van der Waals surface area contributed by atoms with Crippen molar-refractivity contribution in [3.63, 3.8) is 0 Å². The fraction of sp³-hybridized carbons (Fsp3) is 0.316. The minimum Gasteiger partial charge on any atom is -0.356 e. The smallest absolute Gasteiger partial charge is 0.335 e. The van der Waals surface area contributed by atoms with Gasteiger partial charge in [0.15, 0.2) is 0 Å². The van der Waals surface area contributed by atoms with E-state index in [1.54, 1.807) is 23.0 Å². The Morgan fingerprint density at radius 1 is 1.35 bits per heavy atom. The van der Waals surface area contributed by atoms with Gasteiger partial charge < -0.3 is 10.6 Å². The van der Waals surface area contributed by atoms with Gasteiger partial charge in [-0.15, -0.1) is 0 Å². The predicted molar refractivity (Wildman–Crippen MR) is 99.1 cm³/mol. The third-order valence-corrected chi connectivity index (χ3v) is 4.89. The maximum absolute atomic E-state index is 13.1. The molecule has 2 aromatic heterocycles. The van der Waals surface area contributed by atoms with Crippen molar-refractivity contribution >= 4 is 11.5 Å². The summed E-state index contributed by atoms with van der Waals surface area (Å²) < 4.78 is 3.24. The zero-order valence-corrected chi connectivity index (χ0v) is 14.4. The molecule has 0 radical (unpaired) electrons. The minimum atomic E-state index is -0.165. The first-order valence-electron chi connectivity index (χ1n) is 8.73. The van der Waals surface area contributed by atoms with E-state index in [0.717, 1.165) is 30.8 Å². The zero-order chi connectivity index (χ0) is 18.1. The molecule has 1 aliphatic heterocycles. The number of hydrogen-bond donors (Lipinski definition) is 1. The first kappa shape index (κ1) is 16.4. The van der Waals surface area contributed by atoms with Crippen molar-refractivity contribution in [1.82, 2.24) is 14.0 Å². The summed E-state index contributed by atoms with van der Waals surface area (Å²) in [6, 6.07) is 11.6. The number of nitrogens with two attached hydrogens (primary N) is 1. The van der Waals surface area contributed by atoms with E-state index >= 15 is 0 Å². The number of fused-ring (bicyclic) bond motifs is 1. The van der Waals surface area contributed by atoms with E-state index < -0.39 is 0 Å². The van der Waals surface area contributed by atoms with Gasteiger partial charge in [-0.25, -0.2) is 9.78 Å². The fourth-order valence-corrected chi connectivity index (χ4v) is 3.57. The monoisotopic (exact) mass is 348 g/mol. The molecule has 2 N–H and O–H groups in total. The van der Waals surface area contributed by atoms with Crippen molar-refractivity contribution < 1.29 is 0 Å². The number of piperidine rings is 1. The Labute approximate surface area is 150 Å². The standard InChI is InChI=1S/C19H20N6O/c20-11-14-4-1-2-5-15(14)12-25-18(23-8-3-6-16(21)13-23)10-17-22-7-9-24(17)19(25)26/h1-2,4-5,7,9-10,16H,3,6,8,12-13,21H2/t16-/m1/s1. The van der Waals surface area contributed by atoms with Gasteiger partial charge in [-0.2, -0.15) is 5.26 Å². The fourth-order valence-electron chi connectivity index (χ4n) is 3.57. The SMILES string of the molecule is N#Cc1ccccc1Cn1c(N2CCC[C@@H](N)C2)cc2nccn2c1=O. The Hall–Kier alpha value is -3.11. The molecule has 0 saturated carbocycles. The van der Waals surface area contributed by atoms with E-state index in [1.807, 2.05) is 24.3 Å². The molecule has 1 aliphatic rings. The maximum atomic E-state index is 13.1. The Bertz CT molecular complexity index is 1040. The second-order valence-corrected chi connectivity index (χ2v) is 6.64. The van der Waals surface area contributed by atoms with Gasteiger partial charge in [-0.3, -0.25) is 8.97 Å². The Morgan fingerprint density at radius 3 is 3.00 bits per heavy atom. The molecular formula is C19H20N6O. The molecule has 1 aromatic carbocycles. The van der Waals surface area contributed by atoms with Crippen molar-refractivity contribution in [3.8, 4) is 6.07 Å². The zero-order valence-electron chi connectivity index (χ0n) is 14.4. The molecule has 3 heterocycles. The number of anilines is 1. The Balaban J connectivity index is 1.86. The van der Waals surface area contributed by atoms with E-state index in [9.17, 15) is 10.1 Å². The second-order valence-electron chi connectivity index (χ2n) is 6.64. The molecule has 4 rings (SSSR count). The van der Waals surface area contributed by atoms with E-state index in [2.05, 4.69) is 16.0 Å². The molecule has 1 fully saturated rings. The lowest BCUT2D eigenvalue weighted by molar-refractivity contribution is 0.494. The number of aromatic nitrogens is 3. The number of rotatable bonds is 3. The number of benzene rings is 1. The van der Waals surface area contributed by atoms with Crippen LogP contribution in [0.1, 0.15) is 24.0 Å². The van der Waals surface area contributed by atoms with E-state index in [4.69, 9.17) is 5.73 Å². The van der Waals surface area contributed by atoms with Crippen molar-refractivity contribution in [2.45, 2.75) is 25.4 Å². The first-order chi connectivity index (χ1) is 12.7. The van der Waals surface area contributed by atoms with Crippen LogP contribution in [-0.2, 0) is 6.54 Å². The van der Waals surface area contributed by atoms with Crippen LogP contribution in [0, 0.1) is 11.3 Å². The van der Waals surface area contributed by atoms with E-state index in [0.29, 0.717) is 24.3 Å². The molecule has 0 bridgehead atoms. The molecule has 0 unspecified atom stereocenters. The quantitative estimate of drug-likeness (QED) is 0.771. The summed E-state index contributed by atoms with van der Waals surface area (Å²) in [7, 11) is 0. The Morgan fingerprint density at radius 2 is 2.19 bits per heavy atom. The Kier molecular flexibility index (Phi) is 4.19. The summed E-state index contributed by atoms with van der Waals surface area (Å²) in [6.07, 6.45) is 5.26. The average Bonchev–Trinajstić information content (AvgIpc) is 3.13. The van der Waals surface area contributed by atoms with Gasteiger partial charge in [0.1, 0.15) is 11.5 Å². The van der Waals surface area contributed by atoms with Gasteiger partial charge >= 0.3 is 5.69 Å². The topological polar surface area (TPSA) is 92.3 Å². The summed E-state index contributed by atoms with van der Waals surface area (Å²) in [5, 5.41) is 9.38. The summed E-state index contributed by atoms with van der Waals surface area (Å²) in [5.74, 6) is 0.802. The highest BCUT2D eigenvalue weighted by molar-refractivity contribution is 5.53. The van der Waals surface area contributed by atoms with Crippen LogP contribution in [0.2, 0.25) is 0 Å². The highest BCUT2D eigenvalue weighted by Gasteiger charge is 2.22. The van der Waals surface area contributed by atoms with Crippen LogP contribution in [-0.4, -0.2) is 33.1 Å². The maximum Gasteiger partial charge on any atom is 0.335 e. The molecule has 0 spiro atoms. The van der Waals surface area contributed by atoms with Crippen LogP contribution >= 0.6 is 0 Å². The van der Waals surface area contributed by atoms with Crippen molar-refractivity contribution in [2.24, 2.45) is 5.73 Å².